The molecule has 0 fully saturated rings. The molecular formula is C16H21F3N2O2. The highest BCUT2D eigenvalue weighted by molar-refractivity contribution is 5.95. The van der Waals surface area contributed by atoms with Crippen molar-refractivity contribution in [1.29, 1.82) is 0 Å². The highest BCUT2D eigenvalue weighted by atomic mass is 19.4. The first-order chi connectivity index (χ1) is 10.7. The number of amides is 2. The first-order valence-electron chi connectivity index (χ1n) is 7.45. The Hall–Kier alpha value is -2.05. The summed E-state index contributed by atoms with van der Waals surface area (Å²) in [5.41, 5.74) is -1.22. The molecule has 4 nitrogen and oxygen atoms in total. The molecule has 7 heteroatoms. The summed E-state index contributed by atoms with van der Waals surface area (Å²) in [4.78, 5) is 25.4. The molecule has 0 heterocycles. The summed E-state index contributed by atoms with van der Waals surface area (Å²) in [7, 11) is 0. The minimum Gasteiger partial charge on any atom is -0.333 e. The van der Waals surface area contributed by atoms with E-state index in [9.17, 15) is 22.8 Å². The van der Waals surface area contributed by atoms with Gasteiger partial charge in [-0.2, -0.15) is 13.2 Å². The number of nitrogens with zero attached hydrogens (tertiary/aromatic N) is 1. The molecule has 1 aromatic carbocycles. The molecule has 1 rings (SSSR count). The molecule has 128 valence electrons. The van der Waals surface area contributed by atoms with E-state index in [2.05, 4.69) is 5.32 Å². The van der Waals surface area contributed by atoms with Gasteiger partial charge in [0.1, 0.15) is 0 Å². The zero-order chi connectivity index (χ0) is 17.6. The Morgan fingerprint density at radius 1 is 1.22 bits per heavy atom. The fraction of sp³-hybridized carbons (Fsp3) is 0.500. The fourth-order valence-corrected chi connectivity index (χ4v) is 2.03. The van der Waals surface area contributed by atoms with Crippen LogP contribution < -0.4 is 5.32 Å². The molecule has 0 aliphatic carbocycles. The van der Waals surface area contributed by atoms with E-state index in [4.69, 9.17) is 0 Å². The number of rotatable bonds is 6. The lowest BCUT2D eigenvalue weighted by Crippen LogP contribution is -2.40. The van der Waals surface area contributed by atoms with Crippen LogP contribution in [0.1, 0.15) is 32.8 Å². The highest BCUT2D eigenvalue weighted by Crippen LogP contribution is 2.34. The zero-order valence-corrected chi connectivity index (χ0v) is 13.4. The Kier molecular flexibility index (Phi) is 6.60. The summed E-state index contributed by atoms with van der Waals surface area (Å²) in [5.74, 6) is -1.07. The molecule has 0 aliphatic heterocycles. The van der Waals surface area contributed by atoms with Crippen LogP contribution in [0.25, 0.3) is 0 Å². The molecule has 1 unspecified atom stereocenters. The average Bonchev–Trinajstić information content (AvgIpc) is 2.50. The van der Waals surface area contributed by atoms with E-state index in [1.54, 1.807) is 13.8 Å². The number of benzene rings is 1. The van der Waals surface area contributed by atoms with Gasteiger partial charge < -0.3 is 10.2 Å². The molecular weight excluding hydrogens is 309 g/mol. The van der Waals surface area contributed by atoms with Crippen LogP contribution in [0.2, 0.25) is 0 Å². The maximum absolute atomic E-state index is 12.9. The fourth-order valence-electron chi connectivity index (χ4n) is 2.03. The third-order valence-electron chi connectivity index (χ3n) is 3.57. The number of nitrogens with one attached hydrogen (secondary N) is 1. The number of hydrogen-bond acceptors (Lipinski definition) is 2. The number of halogens is 3. The lowest BCUT2D eigenvalue weighted by Gasteiger charge is -2.23. The summed E-state index contributed by atoms with van der Waals surface area (Å²) in [6.07, 6.45) is -3.92. The van der Waals surface area contributed by atoms with Crippen molar-refractivity contribution in [2.45, 2.75) is 33.4 Å². The molecule has 0 saturated heterocycles. The maximum Gasteiger partial charge on any atom is 0.418 e. The smallest absolute Gasteiger partial charge is 0.333 e. The van der Waals surface area contributed by atoms with Crippen molar-refractivity contribution < 1.29 is 22.8 Å². The van der Waals surface area contributed by atoms with Crippen LogP contribution >= 0.6 is 0 Å². The Labute approximate surface area is 133 Å². The van der Waals surface area contributed by atoms with Crippen LogP contribution in [0, 0.1) is 5.92 Å². The second-order valence-corrected chi connectivity index (χ2v) is 5.25. The van der Waals surface area contributed by atoms with Gasteiger partial charge in [-0.1, -0.05) is 26.0 Å². The van der Waals surface area contributed by atoms with E-state index >= 15 is 0 Å². The molecule has 23 heavy (non-hydrogen) atoms. The van der Waals surface area contributed by atoms with Gasteiger partial charge in [-0.15, -0.1) is 0 Å². The molecule has 0 spiro atoms. The third-order valence-corrected chi connectivity index (χ3v) is 3.57. The summed E-state index contributed by atoms with van der Waals surface area (Å²) in [6.45, 7) is 5.37. The molecule has 0 aliphatic rings. The number of anilines is 1. The zero-order valence-electron chi connectivity index (χ0n) is 13.4. The van der Waals surface area contributed by atoms with Crippen molar-refractivity contribution in [2.75, 3.05) is 18.4 Å². The van der Waals surface area contributed by atoms with Gasteiger partial charge in [-0.25, -0.2) is 0 Å². The van der Waals surface area contributed by atoms with E-state index < -0.39 is 17.6 Å². The molecule has 1 aromatic rings. The number of alkyl halides is 3. The minimum absolute atomic E-state index is 0.186. The van der Waals surface area contributed by atoms with Gasteiger partial charge in [-0.3, -0.25) is 9.59 Å². The SMILES string of the molecule is CCC(C)C(=O)N(CC)CC(=O)Nc1ccccc1C(F)(F)F. The van der Waals surface area contributed by atoms with Crippen molar-refractivity contribution in [3.8, 4) is 0 Å². The van der Waals surface area contributed by atoms with Gasteiger partial charge in [0.15, 0.2) is 0 Å². The van der Waals surface area contributed by atoms with Crippen LogP contribution in [0.15, 0.2) is 24.3 Å². The van der Waals surface area contributed by atoms with Gasteiger partial charge in [0.05, 0.1) is 17.8 Å². The van der Waals surface area contributed by atoms with Crippen LogP contribution in [-0.4, -0.2) is 29.8 Å². The monoisotopic (exact) mass is 330 g/mol. The van der Waals surface area contributed by atoms with Gasteiger partial charge >= 0.3 is 6.18 Å². The maximum atomic E-state index is 12.9. The average molecular weight is 330 g/mol. The van der Waals surface area contributed by atoms with E-state index in [1.807, 2.05) is 6.92 Å². The van der Waals surface area contributed by atoms with Crippen molar-refractivity contribution in [2.24, 2.45) is 5.92 Å². The molecule has 0 aromatic heterocycles. The van der Waals surface area contributed by atoms with Crippen molar-refractivity contribution in [3.63, 3.8) is 0 Å². The molecule has 1 N–H and O–H groups in total. The predicted octanol–water partition coefficient (Wildman–Crippen LogP) is 3.54. The molecule has 0 saturated carbocycles. The van der Waals surface area contributed by atoms with Crippen LogP contribution in [0.3, 0.4) is 0 Å². The Balaban J connectivity index is 2.83. The number of hydrogen-bond donors (Lipinski definition) is 1. The van der Waals surface area contributed by atoms with Crippen molar-refractivity contribution in [3.05, 3.63) is 29.8 Å². The third kappa shape index (κ3) is 5.26. The second-order valence-electron chi connectivity index (χ2n) is 5.25. The number of likely N-dealkylation sites (N-methyl/N-ethyl adjacent to an activating group) is 1. The molecule has 0 radical (unpaired) electrons. The predicted molar refractivity (Wildman–Crippen MR) is 81.8 cm³/mol. The van der Waals surface area contributed by atoms with E-state index in [1.165, 1.54) is 23.1 Å². The molecule has 0 bridgehead atoms. The Bertz CT molecular complexity index is 559. The number of carbonyl (C=O) groups is 2. The summed E-state index contributed by atoms with van der Waals surface area (Å²) < 4.78 is 38.7. The van der Waals surface area contributed by atoms with E-state index in [0.717, 1.165) is 6.07 Å². The van der Waals surface area contributed by atoms with Gasteiger partial charge in [-0.05, 0) is 25.5 Å². The summed E-state index contributed by atoms with van der Waals surface area (Å²) >= 11 is 0. The van der Waals surface area contributed by atoms with Crippen LogP contribution in [-0.2, 0) is 15.8 Å². The van der Waals surface area contributed by atoms with E-state index in [0.29, 0.717) is 13.0 Å². The Morgan fingerprint density at radius 3 is 2.35 bits per heavy atom. The lowest BCUT2D eigenvalue weighted by atomic mass is 10.1. The van der Waals surface area contributed by atoms with Gasteiger partial charge in [0, 0.05) is 12.5 Å². The Morgan fingerprint density at radius 2 is 1.83 bits per heavy atom. The normalized spacial score (nSPS) is 12.6. The lowest BCUT2D eigenvalue weighted by molar-refractivity contribution is -0.138. The van der Waals surface area contributed by atoms with Gasteiger partial charge in [0.2, 0.25) is 11.8 Å². The second kappa shape index (κ2) is 7.99. The first-order valence-corrected chi connectivity index (χ1v) is 7.45. The number of carbonyl (C=O) groups excluding carboxylic acids is 2. The minimum atomic E-state index is -4.55. The topological polar surface area (TPSA) is 49.4 Å². The standard InChI is InChI=1S/C16H21F3N2O2/c1-4-11(3)15(23)21(5-2)10-14(22)20-13-9-7-6-8-12(13)16(17,18)19/h6-9,11H,4-5,10H2,1-3H3,(H,20,22). The van der Waals surface area contributed by atoms with Gasteiger partial charge in [0.25, 0.3) is 0 Å². The molecule has 1 atom stereocenters. The van der Waals surface area contributed by atoms with Crippen LogP contribution in [0.4, 0.5) is 18.9 Å². The highest BCUT2D eigenvalue weighted by Gasteiger charge is 2.33. The van der Waals surface area contributed by atoms with Crippen molar-refractivity contribution >= 4 is 17.5 Å². The van der Waals surface area contributed by atoms with Crippen molar-refractivity contribution in [1.82, 2.24) is 4.90 Å². The summed E-state index contributed by atoms with van der Waals surface area (Å²) in [6, 6.07) is 4.75. The largest absolute Gasteiger partial charge is 0.418 e. The van der Waals surface area contributed by atoms with E-state index in [-0.39, 0.29) is 24.1 Å². The number of para-hydroxylation sites is 1. The first kappa shape index (κ1) is 19.0. The quantitative estimate of drug-likeness (QED) is 0.867. The van der Waals surface area contributed by atoms with Crippen LogP contribution in [0.5, 0.6) is 0 Å². The summed E-state index contributed by atoms with van der Waals surface area (Å²) in [5, 5.41) is 2.24. The molecule has 2 amide bonds.